The number of hydrogen-bond donors (Lipinski definition) is 2. The third kappa shape index (κ3) is 6.77. The first-order valence-electron chi connectivity index (χ1n) is 3.21. The summed E-state index contributed by atoms with van der Waals surface area (Å²) < 4.78 is 24.9. The van der Waals surface area contributed by atoms with E-state index in [1.54, 1.807) is 13.8 Å². The van der Waals surface area contributed by atoms with Crippen LogP contribution in [-0.4, -0.2) is 15.9 Å². The Hall–Kier alpha value is 0.0800. The van der Waals surface area contributed by atoms with Gasteiger partial charge in [-0.05, 0) is 13.8 Å². The molecule has 72 valence electrons. The Morgan fingerprint density at radius 2 is 2.17 bits per heavy atom. The van der Waals surface area contributed by atoms with Crippen molar-refractivity contribution in [3.63, 3.8) is 0 Å². The van der Waals surface area contributed by atoms with Crippen LogP contribution in [0.3, 0.4) is 0 Å². The molecule has 0 spiro atoms. The first-order chi connectivity index (χ1) is 5.33. The van der Waals surface area contributed by atoms with Crippen molar-refractivity contribution in [2.24, 2.45) is 0 Å². The van der Waals surface area contributed by atoms with E-state index in [2.05, 4.69) is 4.31 Å². The molecule has 0 saturated carbocycles. The van der Waals surface area contributed by atoms with E-state index >= 15 is 0 Å². The average molecular weight is 214 g/mol. The van der Waals surface area contributed by atoms with Gasteiger partial charge in [-0.2, -0.15) is 0 Å². The topological polar surface area (TPSA) is 83.8 Å². The van der Waals surface area contributed by atoms with E-state index in [4.69, 9.17) is 9.79 Å². The Morgan fingerprint density at radius 3 is 2.50 bits per heavy atom. The molecule has 0 aromatic rings. The minimum Gasteiger partial charge on any atom is -0.326 e. The maximum absolute atomic E-state index is 10.9. The SMILES string of the molecule is CC(C)=CCP(=O)(O)O[PH](=O)O. The zero-order valence-corrected chi connectivity index (χ0v) is 8.75. The fourth-order valence-corrected chi connectivity index (χ4v) is 2.33. The molecule has 2 atom stereocenters. The lowest BCUT2D eigenvalue weighted by Crippen LogP contribution is -1.86. The Morgan fingerprint density at radius 1 is 1.67 bits per heavy atom. The Labute approximate surface area is 71.6 Å². The molecule has 0 aromatic carbocycles. The summed E-state index contributed by atoms with van der Waals surface area (Å²) in [5, 5.41) is 0. The molecule has 2 N–H and O–H groups in total. The highest BCUT2D eigenvalue weighted by atomic mass is 31.2. The summed E-state index contributed by atoms with van der Waals surface area (Å²) in [6, 6.07) is 0. The zero-order valence-electron chi connectivity index (χ0n) is 6.85. The van der Waals surface area contributed by atoms with Gasteiger partial charge in [0, 0.05) is 0 Å². The Kier molecular flexibility index (Phi) is 4.98. The Bertz CT molecular complexity index is 242. The molecule has 0 aliphatic rings. The van der Waals surface area contributed by atoms with Crippen LogP contribution < -0.4 is 0 Å². The van der Waals surface area contributed by atoms with Crippen molar-refractivity contribution in [3.8, 4) is 0 Å². The predicted molar refractivity (Wildman–Crippen MR) is 46.4 cm³/mol. The molecule has 0 fully saturated rings. The van der Waals surface area contributed by atoms with Crippen LogP contribution in [0.15, 0.2) is 11.6 Å². The summed E-state index contributed by atoms with van der Waals surface area (Å²) in [7, 11) is -7.23. The molecule has 7 heteroatoms. The van der Waals surface area contributed by atoms with Gasteiger partial charge in [0.1, 0.15) is 0 Å². The van der Waals surface area contributed by atoms with Gasteiger partial charge in [0.15, 0.2) is 0 Å². The lowest BCUT2D eigenvalue weighted by atomic mass is 10.3. The highest BCUT2D eigenvalue weighted by Gasteiger charge is 2.19. The molecule has 0 saturated heterocycles. The maximum atomic E-state index is 10.9. The van der Waals surface area contributed by atoms with E-state index in [1.807, 2.05) is 0 Å². The number of hydrogen-bond acceptors (Lipinski definition) is 3. The summed E-state index contributed by atoms with van der Waals surface area (Å²) in [6.45, 7) is 3.50. The van der Waals surface area contributed by atoms with E-state index in [0.717, 1.165) is 5.57 Å². The molecule has 5 nitrogen and oxygen atoms in total. The van der Waals surface area contributed by atoms with Gasteiger partial charge in [-0.25, -0.2) is 4.31 Å². The lowest BCUT2D eigenvalue weighted by Gasteiger charge is -2.06. The predicted octanol–water partition coefficient (Wildman–Crippen LogP) is 1.54. The molecule has 0 amide bonds. The van der Waals surface area contributed by atoms with Crippen molar-refractivity contribution in [2.45, 2.75) is 13.8 Å². The Balaban J connectivity index is 4.15. The molecule has 0 aliphatic carbocycles. The molecule has 0 rings (SSSR count). The minimum absolute atomic E-state index is 0.230. The van der Waals surface area contributed by atoms with E-state index in [1.165, 1.54) is 6.08 Å². The zero-order chi connectivity index (χ0) is 9.78. The molecular weight excluding hydrogens is 202 g/mol. The second-order valence-corrected chi connectivity index (χ2v) is 5.36. The van der Waals surface area contributed by atoms with E-state index in [-0.39, 0.29) is 6.16 Å². The summed E-state index contributed by atoms with van der Waals surface area (Å²) >= 11 is 0. The normalized spacial score (nSPS) is 18.0. The lowest BCUT2D eigenvalue weighted by molar-refractivity contribution is 0.352. The highest BCUT2D eigenvalue weighted by molar-refractivity contribution is 7.59. The van der Waals surface area contributed by atoms with Crippen LogP contribution in [0.1, 0.15) is 13.8 Å². The van der Waals surface area contributed by atoms with Gasteiger partial charge in [-0.1, -0.05) is 11.6 Å². The fourth-order valence-electron chi connectivity index (χ4n) is 0.457. The van der Waals surface area contributed by atoms with Crippen molar-refractivity contribution in [2.75, 3.05) is 6.16 Å². The van der Waals surface area contributed by atoms with Crippen molar-refractivity contribution in [1.82, 2.24) is 0 Å². The quantitative estimate of drug-likeness (QED) is 0.547. The van der Waals surface area contributed by atoms with Gasteiger partial charge < -0.3 is 9.79 Å². The van der Waals surface area contributed by atoms with Crippen molar-refractivity contribution >= 4 is 15.9 Å². The van der Waals surface area contributed by atoms with Gasteiger partial charge >= 0.3 is 15.9 Å². The van der Waals surface area contributed by atoms with Gasteiger partial charge in [0.05, 0.1) is 6.16 Å². The molecule has 0 radical (unpaired) electrons. The first-order valence-corrected chi connectivity index (χ1v) is 6.24. The van der Waals surface area contributed by atoms with Crippen molar-refractivity contribution < 1.29 is 23.2 Å². The maximum Gasteiger partial charge on any atom is 0.338 e. The number of allylic oxidation sites excluding steroid dienone is 2. The van der Waals surface area contributed by atoms with E-state index in [9.17, 15) is 9.13 Å². The largest absolute Gasteiger partial charge is 0.338 e. The third-order valence-corrected chi connectivity index (χ3v) is 3.36. The summed E-state index contributed by atoms with van der Waals surface area (Å²) in [5.74, 6) is 0. The fraction of sp³-hybridized carbons (Fsp3) is 0.600. The van der Waals surface area contributed by atoms with Crippen LogP contribution in [-0.2, 0) is 13.4 Å². The van der Waals surface area contributed by atoms with Crippen molar-refractivity contribution in [1.29, 1.82) is 0 Å². The van der Waals surface area contributed by atoms with Gasteiger partial charge in [-0.3, -0.25) is 9.13 Å². The van der Waals surface area contributed by atoms with Crippen molar-refractivity contribution in [3.05, 3.63) is 11.6 Å². The first kappa shape index (κ1) is 12.1. The molecule has 12 heavy (non-hydrogen) atoms. The smallest absolute Gasteiger partial charge is 0.326 e. The van der Waals surface area contributed by atoms with Crippen LogP contribution >= 0.6 is 15.9 Å². The van der Waals surface area contributed by atoms with Crippen LogP contribution in [0.5, 0.6) is 0 Å². The monoisotopic (exact) mass is 214 g/mol. The molecule has 0 aliphatic heterocycles. The molecule has 0 aromatic heterocycles. The van der Waals surface area contributed by atoms with Crippen LogP contribution in [0, 0.1) is 0 Å². The average Bonchev–Trinajstić information content (AvgIpc) is 1.81. The molecule has 0 heterocycles. The molecule has 0 bridgehead atoms. The standard InChI is InChI=1S/C5H12O5P2/c1-5(2)3-4-12(8,9)10-11(6)7/h3,11H,4H2,1-2H3,(H,6,7)(H,8,9). The summed E-state index contributed by atoms with van der Waals surface area (Å²) in [4.78, 5) is 17.1. The summed E-state index contributed by atoms with van der Waals surface area (Å²) in [6.07, 6.45) is 1.25. The van der Waals surface area contributed by atoms with E-state index < -0.39 is 15.9 Å². The summed E-state index contributed by atoms with van der Waals surface area (Å²) in [5.41, 5.74) is 0.852. The highest BCUT2D eigenvalue weighted by Crippen LogP contribution is 2.49. The molecule has 2 unspecified atom stereocenters. The second kappa shape index (κ2) is 4.95. The third-order valence-electron chi connectivity index (χ3n) is 0.951. The number of rotatable bonds is 4. The van der Waals surface area contributed by atoms with Crippen LogP contribution in [0.4, 0.5) is 0 Å². The molecular formula is C5H12O5P2. The second-order valence-electron chi connectivity index (χ2n) is 2.46. The minimum atomic E-state index is -3.90. The van der Waals surface area contributed by atoms with Crippen LogP contribution in [0.25, 0.3) is 0 Å². The van der Waals surface area contributed by atoms with Gasteiger partial charge in [-0.15, -0.1) is 0 Å². The van der Waals surface area contributed by atoms with Gasteiger partial charge in [0.25, 0.3) is 0 Å². The van der Waals surface area contributed by atoms with E-state index in [0.29, 0.717) is 0 Å². The van der Waals surface area contributed by atoms with Crippen LogP contribution in [0.2, 0.25) is 0 Å². The van der Waals surface area contributed by atoms with Gasteiger partial charge in [0.2, 0.25) is 0 Å².